The number of amides is 1. The number of likely N-dealkylation sites (N-methyl/N-ethyl adjacent to an activating group) is 1. The van der Waals surface area contributed by atoms with Gasteiger partial charge in [-0.2, -0.15) is 13.2 Å². The number of nitrogens with zero attached hydrogens (tertiary/aromatic N) is 2. The molecule has 146 valence electrons. The minimum Gasteiger partial charge on any atom is -0.492 e. The van der Waals surface area contributed by atoms with Gasteiger partial charge in [0.2, 0.25) is 5.91 Å². The Morgan fingerprint density at radius 3 is 2.41 bits per heavy atom. The van der Waals surface area contributed by atoms with E-state index in [1.807, 2.05) is 32.0 Å². The highest BCUT2D eigenvalue weighted by molar-refractivity contribution is 5.75. The Morgan fingerprint density at radius 2 is 1.81 bits per heavy atom. The van der Waals surface area contributed by atoms with Crippen LogP contribution in [0.25, 0.3) is 0 Å². The number of hydrogen-bond donors (Lipinski definition) is 0. The third-order valence-electron chi connectivity index (χ3n) is 3.95. The number of benzene rings is 1. The molecule has 0 aliphatic carbocycles. The fourth-order valence-electron chi connectivity index (χ4n) is 2.58. The molecule has 0 saturated heterocycles. The monoisotopic (exact) mass is 382 g/mol. The first kappa shape index (κ1) is 20.5. The topological polar surface area (TPSA) is 51.5 Å². The van der Waals surface area contributed by atoms with Gasteiger partial charge in [-0.15, -0.1) is 0 Å². The normalized spacial score (nSPS) is 11.3. The number of hydrogen-bond acceptors (Lipinski definition) is 3. The molecular formula is C19H21F3N2O3. The molecule has 2 aromatic rings. The molecule has 0 radical (unpaired) electrons. The van der Waals surface area contributed by atoms with E-state index in [0.29, 0.717) is 11.8 Å². The van der Waals surface area contributed by atoms with Gasteiger partial charge in [0.15, 0.2) is 0 Å². The summed E-state index contributed by atoms with van der Waals surface area (Å²) in [5, 5.41) is 0. The van der Waals surface area contributed by atoms with Crippen LogP contribution in [0.1, 0.15) is 16.7 Å². The van der Waals surface area contributed by atoms with E-state index in [1.54, 1.807) is 0 Å². The van der Waals surface area contributed by atoms with Gasteiger partial charge in [0, 0.05) is 13.2 Å². The predicted molar refractivity (Wildman–Crippen MR) is 94.8 cm³/mol. The second kappa shape index (κ2) is 8.28. The van der Waals surface area contributed by atoms with Gasteiger partial charge >= 0.3 is 6.18 Å². The highest BCUT2D eigenvalue weighted by atomic mass is 19.4. The molecule has 0 aliphatic rings. The number of alkyl halides is 3. The van der Waals surface area contributed by atoms with Crippen molar-refractivity contribution in [2.45, 2.75) is 26.6 Å². The van der Waals surface area contributed by atoms with Gasteiger partial charge in [0.1, 0.15) is 24.5 Å². The van der Waals surface area contributed by atoms with E-state index in [4.69, 9.17) is 4.74 Å². The summed E-state index contributed by atoms with van der Waals surface area (Å²) in [5.74, 6) is 0.197. The molecule has 2 rings (SSSR count). The van der Waals surface area contributed by atoms with Crippen molar-refractivity contribution in [3.8, 4) is 5.75 Å². The molecule has 0 unspecified atom stereocenters. The largest absolute Gasteiger partial charge is 0.492 e. The van der Waals surface area contributed by atoms with E-state index in [0.717, 1.165) is 28.0 Å². The number of ether oxygens (including phenoxy) is 1. The van der Waals surface area contributed by atoms with Gasteiger partial charge in [-0.3, -0.25) is 9.59 Å². The summed E-state index contributed by atoms with van der Waals surface area (Å²) in [5.41, 5.74) is -0.423. The van der Waals surface area contributed by atoms with Crippen molar-refractivity contribution in [1.82, 2.24) is 9.47 Å². The van der Waals surface area contributed by atoms with Crippen LogP contribution in [-0.4, -0.2) is 35.6 Å². The predicted octanol–water partition coefficient (Wildman–Crippen LogP) is 3.02. The number of aromatic nitrogens is 1. The standard InChI is InChI=1S/C19H21F3N2O3/c1-13-9-14(2)11-15(10-13)27-8-7-23(3)17(25)12-24-6-4-5-16(18(24)26)19(20,21)22/h4-6,9-11H,7-8,12H2,1-3H3. The van der Waals surface area contributed by atoms with Crippen molar-refractivity contribution in [3.63, 3.8) is 0 Å². The summed E-state index contributed by atoms with van der Waals surface area (Å²) in [6.45, 7) is 3.88. The highest BCUT2D eigenvalue weighted by Crippen LogP contribution is 2.26. The van der Waals surface area contributed by atoms with Crippen molar-refractivity contribution < 1.29 is 22.7 Å². The third kappa shape index (κ3) is 5.60. The Balaban J connectivity index is 1.95. The number of pyridine rings is 1. The van der Waals surface area contributed by atoms with Crippen LogP contribution in [0.5, 0.6) is 5.75 Å². The lowest BCUT2D eigenvalue weighted by molar-refractivity contribution is -0.139. The molecule has 0 N–H and O–H groups in total. The molecule has 0 aliphatic heterocycles. The summed E-state index contributed by atoms with van der Waals surface area (Å²) >= 11 is 0. The van der Waals surface area contributed by atoms with Crippen LogP contribution in [0.2, 0.25) is 0 Å². The average molecular weight is 382 g/mol. The molecule has 1 heterocycles. The molecule has 0 bridgehead atoms. The van der Waals surface area contributed by atoms with Gasteiger partial charge in [-0.05, 0) is 49.2 Å². The van der Waals surface area contributed by atoms with Crippen LogP contribution >= 0.6 is 0 Å². The van der Waals surface area contributed by atoms with E-state index >= 15 is 0 Å². The fraction of sp³-hybridized carbons (Fsp3) is 0.368. The molecule has 0 spiro atoms. The maximum Gasteiger partial charge on any atom is 0.421 e. The Morgan fingerprint density at radius 1 is 1.19 bits per heavy atom. The van der Waals surface area contributed by atoms with E-state index < -0.39 is 29.8 Å². The zero-order chi connectivity index (χ0) is 20.2. The Bertz CT molecular complexity index is 855. The minimum absolute atomic E-state index is 0.225. The van der Waals surface area contributed by atoms with E-state index in [2.05, 4.69) is 0 Å². The summed E-state index contributed by atoms with van der Waals surface area (Å²) < 4.78 is 44.7. The quantitative estimate of drug-likeness (QED) is 0.772. The van der Waals surface area contributed by atoms with E-state index in [1.165, 1.54) is 11.9 Å². The SMILES string of the molecule is Cc1cc(C)cc(OCCN(C)C(=O)Cn2cccc(C(F)(F)F)c2=O)c1. The molecule has 1 aromatic heterocycles. The third-order valence-corrected chi connectivity index (χ3v) is 3.95. The summed E-state index contributed by atoms with van der Waals surface area (Å²) in [6.07, 6.45) is -3.59. The maximum atomic E-state index is 12.8. The molecule has 0 saturated carbocycles. The summed E-state index contributed by atoms with van der Waals surface area (Å²) in [7, 11) is 1.51. The highest BCUT2D eigenvalue weighted by Gasteiger charge is 2.34. The van der Waals surface area contributed by atoms with Crippen molar-refractivity contribution in [1.29, 1.82) is 0 Å². The first-order valence-electron chi connectivity index (χ1n) is 8.29. The first-order valence-corrected chi connectivity index (χ1v) is 8.29. The molecule has 27 heavy (non-hydrogen) atoms. The molecule has 1 aromatic carbocycles. The first-order chi connectivity index (χ1) is 12.6. The zero-order valence-electron chi connectivity index (χ0n) is 15.3. The Hall–Kier alpha value is -2.77. The Labute approximate surface area is 155 Å². The van der Waals surface area contributed by atoms with E-state index in [9.17, 15) is 22.8 Å². The molecule has 0 fully saturated rings. The summed E-state index contributed by atoms with van der Waals surface area (Å²) in [6, 6.07) is 7.55. The second-order valence-corrected chi connectivity index (χ2v) is 6.34. The van der Waals surface area contributed by atoms with Gasteiger partial charge in [0.05, 0.1) is 6.54 Å². The van der Waals surface area contributed by atoms with Crippen molar-refractivity contribution in [2.24, 2.45) is 0 Å². The average Bonchev–Trinajstić information content (AvgIpc) is 2.54. The molecule has 5 nitrogen and oxygen atoms in total. The minimum atomic E-state index is -4.76. The van der Waals surface area contributed by atoms with Crippen LogP contribution in [0.3, 0.4) is 0 Å². The van der Waals surface area contributed by atoms with Crippen molar-refractivity contribution in [2.75, 3.05) is 20.2 Å². The van der Waals surface area contributed by atoms with Gasteiger partial charge in [0.25, 0.3) is 5.56 Å². The number of rotatable bonds is 6. The van der Waals surface area contributed by atoms with Gasteiger partial charge in [-0.25, -0.2) is 0 Å². The number of aryl methyl sites for hydroxylation is 2. The lowest BCUT2D eigenvalue weighted by Crippen LogP contribution is -2.37. The van der Waals surface area contributed by atoms with Crippen LogP contribution in [0, 0.1) is 13.8 Å². The van der Waals surface area contributed by atoms with Crippen molar-refractivity contribution >= 4 is 5.91 Å². The summed E-state index contributed by atoms with van der Waals surface area (Å²) in [4.78, 5) is 25.4. The van der Waals surface area contributed by atoms with Crippen LogP contribution in [-0.2, 0) is 17.5 Å². The number of halogens is 3. The number of carbonyl (C=O) groups is 1. The second-order valence-electron chi connectivity index (χ2n) is 6.34. The van der Waals surface area contributed by atoms with Crippen LogP contribution in [0.4, 0.5) is 13.2 Å². The Kier molecular flexibility index (Phi) is 6.30. The van der Waals surface area contributed by atoms with E-state index in [-0.39, 0.29) is 13.2 Å². The molecule has 0 atom stereocenters. The smallest absolute Gasteiger partial charge is 0.421 e. The fourth-order valence-corrected chi connectivity index (χ4v) is 2.58. The zero-order valence-corrected chi connectivity index (χ0v) is 15.3. The lowest BCUT2D eigenvalue weighted by Gasteiger charge is -2.19. The van der Waals surface area contributed by atoms with Gasteiger partial charge in [-0.1, -0.05) is 6.07 Å². The number of carbonyl (C=O) groups excluding carboxylic acids is 1. The van der Waals surface area contributed by atoms with Gasteiger partial charge < -0.3 is 14.2 Å². The molecule has 1 amide bonds. The molecular weight excluding hydrogens is 361 g/mol. The maximum absolute atomic E-state index is 12.8. The van der Waals surface area contributed by atoms with Crippen molar-refractivity contribution in [3.05, 3.63) is 63.6 Å². The molecule has 8 heteroatoms. The van der Waals surface area contributed by atoms with Crippen LogP contribution < -0.4 is 10.3 Å². The lowest BCUT2D eigenvalue weighted by atomic mass is 10.1. The van der Waals surface area contributed by atoms with Crippen LogP contribution in [0.15, 0.2) is 41.3 Å².